The summed E-state index contributed by atoms with van der Waals surface area (Å²) in [5.41, 5.74) is 2.92. The predicted octanol–water partition coefficient (Wildman–Crippen LogP) is 1.47. The number of fused-ring (bicyclic) bond motifs is 1. The Morgan fingerprint density at radius 3 is 2.65 bits per heavy atom. The van der Waals surface area contributed by atoms with Crippen LogP contribution in [0, 0.1) is 13.8 Å². The van der Waals surface area contributed by atoms with Gasteiger partial charge in [-0.3, -0.25) is 4.68 Å². The molecule has 3 rings (SSSR count). The van der Waals surface area contributed by atoms with Crippen molar-refractivity contribution in [2.45, 2.75) is 13.8 Å². The molecule has 0 aromatic carbocycles. The van der Waals surface area contributed by atoms with E-state index in [1.54, 1.807) is 28.8 Å². The van der Waals surface area contributed by atoms with Gasteiger partial charge in [-0.05, 0) is 19.4 Å². The van der Waals surface area contributed by atoms with Crippen LogP contribution in [0.1, 0.15) is 21.6 Å². The molecule has 0 atom stereocenters. The summed E-state index contributed by atoms with van der Waals surface area (Å²) in [6.45, 7) is 3.73. The van der Waals surface area contributed by atoms with Crippen molar-refractivity contribution in [3.63, 3.8) is 0 Å². The van der Waals surface area contributed by atoms with E-state index in [1.807, 2.05) is 13.8 Å². The number of rotatable bonds is 2. The highest BCUT2D eigenvalue weighted by Crippen LogP contribution is 2.26. The standard InChI is InChI=1S/C13H13N5O2/c1-7-4-15-18(6-7)11-9(13(19)20)5-14-12-10(11)8(2)16-17(12)3/h4-6H,1-3H3,(H,19,20). The van der Waals surface area contributed by atoms with Crippen LogP contribution >= 0.6 is 0 Å². The molecule has 0 fully saturated rings. The number of aromatic carboxylic acids is 1. The highest BCUT2D eigenvalue weighted by Gasteiger charge is 2.21. The van der Waals surface area contributed by atoms with Crippen LogP contribution in [0.2, 0.25) is 0 Å². The highest BCUT2D eigenvalue weighted by atomic mass is 16.4. The Hall–Kier alpha value is -2.70. The van der Waals surface area contributed by atoms with Crippen LogP contribution < -0.4 is 0 Å². The van der Waals surface area contributed by atoms with Gasteiger partial charge in [-0.2, -0.15) is 10.2 Å². The van der Waals surface area contributed by atoms with Crippen LogP contribution in [0.3, 0.4) is 0 Å². The molecule has 0 radical (unpaired) electrons. The van der Waals surface area contributed by atoms with Crippen molar-refractivity contribution in [1.82, 2.24) is 24.5 Å². The minimum atomic E-state index is -1.04. The lowest BCUT2D eigenvalue weighted by atomic mass is 10.1. The van der Waals surface area contributed by atoms with Crippen molar-refractivity contribution < 1.29 is 9.90 Å². The maximum atomic E-state index is 11.5. The average Bonchev–Trinajstić information content (AvgIpc) is 2.93. The Kier molecular flexibility index (Phi) is 2.56. The van der Waals surface area contributed by atoms with Crippen LogP contribution in [0.4, 0.5) is 0 Å². The molecule has 1 N–H and O–H groups in total. The van der Waals surface area contributed by atoms with Gasteiger partial charge in [0.15, 0.2) is 5.65 Å². The Morgan fingerprint density at radius 2 is 2.05 bits per heavy atom. The van der Waals surface area contributed by atoms with Gasteiger partial charge in [-0.1, -0.05) is 0 Å². The number of pyridine rings is 1. The maximum Gasteiger partial charge on any atom is 0.339 e. The number of carbonyl (C=O) groups is 1. The van der Waals surface area contributed by atoms with E-state index in [2.05, 4.69) is 15.2 Å². The molecule has 0 bridgehead atoms. The normalized spacial score (nSPS) is 11.2. The maximum absolute atomic E-state index is 11.5. The first-order valence-corrected chi connectivity index (χ1v) is 6.06. The Balaban J connectivity index is 2.47. The van der Waals surface area contributed by atoms with Crippen molar-refractivity contribution in [3.8, 4) is 5.69 Å². The monoisotopic (exact) mass is 271 g/mol. The number of hydrogen-bond acceptors (Lipinski definition) is 4. The van der Waals surface area contributed by atoms with E-state index >= 15 is 0 Å². The first-order chi connectivity index (χ1) is 9.49. The van der Waals surface area contributed by atoms with E-state index in [9.17, 15) is 9.90 Å². The molecule has 0 aliphatic carbocycles. The van der Waals surface area contributed by atoms with Crippen LogP contribution in [0.25, 0.3) is 16.7 Å². The number of carboxylic acids is 1. The van der Waals surface area contributed by atoms with Gasteiger partial charge in [0, 0.05) is 19.4 Å². The summed E-state index contributed by atoms with van der Waals surface area (Å²) in [5.74, 6) is -1.04. The minimum absolute atomic E-state index is 0.108. The molecule has 102 valence electrons. The minimum Gasteiger partial charge on any atom is -0.478 e. The smallest absolute Gasteiger partial charge is 0.339 e. The number of aromatic nitrogens is 5. The second-order valence-corrected chi connectivity index (χ2v) is 4.70. The van der Waals surface area contributed by atoms with Gasteiger partial charge in [-0.25, -0.2) is 14.5 Å². The molecular weight excluding hydrogens is 258 g/mol. The van der Waals surface area contributed by atoms with Gasteiger partial charge in [0.2, 0.25) is 0 Å². The second kappa shape index (κ2) is 4.16. The SMILES string of the molecule is Cc1cnn(-c2c(C(=O)O)cnc3c2c(C)nn3C)c1. The van der Waals surface area contributed by atoms with Crippen molar-refractivity contribution in [2.75, 3.05) is 0 Å². The van der Waals surface area contributed by atoms with Gasteiger partial charge >= 0.3 is 5.97 Å². The van der Waals surface area contributed by atoms with Gasteiger partial charge in [0.1, 0.15) is 5.56 Å². The Morgan fingerprint density at radius 1 is 1.30 bits per heavy atom. The van der Waals surface area contributed by atoms with Gasteiger partial charge < -0.3 is 5.11 Å². The molecule has 0 saturated carbocycles. The Labute approximate surface area is 114 Å². The summed E-state index contributed by atoms with van der Waals surface area (Å²) in [6.07, 6.45) is 4.81. The van der Waals surface area contributed by atoms with Crippen molar-refractivity contribution in [3.05, 3.63) is 35.4 Å². The van der Waals surface area contributed by atoms with E-state index < -0.39 is 5.97 Å². The van der Waals surface area contributed by atoms with Gasteiger partial charge in [0.25, 0.3) is 0 Å². The zero-order valence-corrected chi connectivity index (χ0v) is 11.3. The molecule has 3 aromatic rings. The molecule has 0 aliphatic heterocycles. The molecule has 0 unspecified atom stereocenters. The summed E-state index contributed by atoms with van der Waals surface area (Å²) in [5, 5.41) is 18.6. The molecule has 0 amide bonds. The number of nitrogens with zero attached hydrogens (tertiary/aromatic N) is 5. The fourth-order valence-electron chi connectivity index (χ4n) is 2.32. The quantitative estimate of drug-likeness (QED) is 0.762. The molecule has 20 heavy (non-hydrogen) atoms. The van der Waals surface area contributed by atoms with E-state index in [1.165, 1.54) is 6.20 Å². The third kappa shape index (κ3) is 1.67. The summed E-state index contributed by atoms with van der Waals surface area (Å²) >= 11 is 0. The number of carboxylic acid groups (broad SMARTS) is 1. The van der Waals surface area contributed by atoms with Crippen LogP contribution in [0.5, 0.6) is 0 Å². The lowest BCUT2D eigenvalue weighted by Gasteiger charge is -2.08. The third-order valence-electron chi connectivity index (χ3n) is 3.17. The predicted molar refractivity (Wildman–Crippen MR) is 72.1 cm³/mol. The molecule has 7 nitrogen and oxygen atoms in total. The number of hydrogen-bond donors (Lipinski definition) is 1. The molecule has 0 saturated heterocycles. The zero-order chi connectivity index (χ0) is 14.4. The van der Waals surface area contributed by atoms with Crippen LogP contribution in [0.15, 0.2) is 18.6 Å². The summed E-state index contributed by atoms with van der Waals surface area (Å²) in [4.78, 5) is 15.6. The van der Waals surface area contributed by atoms with Gasteiger partial charge in [-0.15, -0.1) is 0 Å². The molecule has 0 aliphatic rings. The highest BCUT2D eigenvalue weighted by molar-refractivity contribution is 6.00. The first-order valence-electron chi connectivity index (χ1n) is 6.06. The lowest BCUT2D eigenvalue weighted by Crippen LogP contribution is -2.08. The van der Waals surface area contributed by atoms with Crippen molar-refractivity contribution in [2.24, 2.45) is 7.05 Å². The Bertz CT molecular complexity index is 831. The number of aryl methyl sites for hydroxylation is 3. The first kappa shape index (κ1) is 12.3. The van der Waals surface area contributed by atoms with Crippen molar-refractivity contribution >= 4 is 17.0 Å². The van der Waals surface area contributed by atoms with E-state index in [-0.39, 0.29) is 5.56 Å². The zero-order valence-electron chi connectivity index (χ0n) is 11.3. The summed E-state index contributed by atoms with van der Waals surface area (Å²) < 4.78 is 3.20. The molecular formula is C13H13N5O2. The molecule has 3 heterocycles. The fraction of sp³-hybridized carbons (Fsp3) is 0.231. The van der Waals surface area contributed by atoms with Crippen LogP contribution in [-0.4, -0.2) is 35.6 Å². The van der Waals surface area contributed by atoms with Crippen LogP contribution in [-0.2, 0) is 7.05 Å². The summed E-state index contributed by atoms with van der Waals surface area (Å²) in [7, 11) is 1.78. The largest absolute Gasteiger partial charge is 0.478 e. The lowest BCUT2D eigenvalue weighted by molar-refractivity contribution is 0.0696. The molecule has 3 aromatic heterocycles. The van der Waals surface area contributed by atoms with Gasteiger partial charge in [0.05, 0.1) is 23.0 Å². The summed E-state index contributed by atoms with van der Waals surface area (Å²) in [6, 6.07) is 0. The fourth-order valence-corrected chi connectivity index (χ4v) is 2.32. The molecule has 0 spiro atoms. The molecule has 7 heteroatoms. The average molecular weight is 271 g/mol. The van der Waals surface area contributed by atoms with E-state index in [0.29, 0.717) is 16.7 Å². The van der Waals surface area contributed by atoms with Crippen molar-refractivity contribution in [1.29, 1.82) is 0 Å². The van der Waals surface area contributed by atoms with E-state index in [4.69, 9.17) is 0 Å². The third-order valence-corrected chi connectivity index (χ3v) is 3.17. The van der Waals surface area contributed by atoms with E-state index in [0.717, 1.165) is 11.3 Å². The topological polar surface area (TPSA) is 85.8 Å². The second-order valence-electron chi connectivity index (χ2n) is 4.70.